The molecule has 0 bridgehead atoms. The average Bonchev–Trinajstić information content (AvgIpc) is 3.37. The van der Waals surface area contributed by atoms with Crippen LogP contribution in [0.3, 0.4) is 0 Å². The Bertz CT molecular complexity index is 1320. The number of thiophene rings is 1. The predicted molar refractivity (Wildman–Crippen MR) is 164 cm³/mol. The first-order valence-corrected chi connectivity index (χ1v) is 15.9. The number of rotatable bonds is 13. The SMILES string of the molecule is CC1(C)C(=O)[C@H](C/C=C\CCCC(=O)O)[C@@H](/C=C/C(CCc2sc3ccccc3c2Cl)OC2OC[C@@H](O)[C@H](O)[C@H]2O)[C@@H]1O. The molecule has 1 aliphatic carbocycles. The van der Waals surface area contributed by atoms with Gasteiger partial charge in [0.05, 0.1) is 29.3 Å². The minimum atomic E-state index is -1.47. The van der Waals surface area contributed by atoms with E-state index in [1.807, 2.05) is 36.4 Å². The maximum atomic E-state index is 13.3. The third-order valence-corrected chi connectivity index (χ3v) is 10.2. The van der Waals surface area contributed by atoms with Crippen molar-refractivity contribution in [2.24, 2.45) is 17.3 Å². The predicted octanol–water partition coefficient (Wildman–Crippen LogP) is 4.27. The first-order valence-electron chi connectivity index (χ1n) is 14.7. The largest absolute Gasteiger partial charge is 0.481 e. The van der Waals surface area contributed by atoms with Crippen LogP contribution in [0.1, 0.15) is 50.8 Å². The van der Waals surface area contributed by atoms with E-state index in [0.717, 1.165) is 15.0 Å². The molecular formula is C32H41ClO9S. The van der Waals surface area contributed by atoms with E-state index in [1.54, 1.807) is 37.3 Å². The second kappa shape index (κ2) is 14.8. The summed E-state index contributed by atoms with van der Waals surface area (Å²) in [6, 6.07) is 7.85. The van der Waals surface area contributed by atoms with Crippen LogP contribution in [0, 0.1) is 17.3 Å². The van der Waals surface area contributed by atoms with Crippen molar-refractivity contribution in [3.63, 3.8) is 0 Å². The molecule has 0 radical (unpaired) electrons. The molecule has 1 saturated heterocycles. The molecule has 11 heteroatoms. The summed E-state index contributed by atoms with van der Waals surface area (Å²) in [5, 5.41) is 52.2. The number of Topliss-reactive ketones (excluding diaryl/α,β-unsaturated/α-hetero) is 1. The highest BCUT2D eigenvalue weighted by Crippen LogP contribution is 2.45. The van der Waals surface area contributed by atoms with Crippen LogP contribution in [0.2, 0.25) is 5.02 Å². The van der Waals surface area contributed by atoms with Crippen molar-refractivity contribution in [1.29, 1.82) is 0 Å². The van der Waals surface area contributed by atoms with E-state index < -0.39 is 60.0 Å². The number of unbranched alkanes of at least 4 members (excludes halogenated alkanes) is 1. The van der Waals surface area contributed by atoms with Gasteiger partial charge in [0.2, 0.25) is 0 Å². The summed E-state index contributed by atoms with van der Waals surface area (Å²) in [7, 11) is 0. The van der Waals surface area contributed by atoms with Crippen LogP contribution >= 0.6 is 22.9 Å². The number of aliphatic carboxylic acids is 1. The highest BCUT2D eigenvalue weighted by Gasteiger charge is 2.52. The number of ether oxygens (including phenoxy) is 2. The molecule has 1 aromatic heterocycles. The number of carbonyl (C=O) groups excluding carboxylic acids is 1. The van der Waals surface area contributed by atoms with Crippen LogP contribution in [0.15, 0.2) is 48.6 Å². The summed E-state index contributed by atoms with van der Waals surface area (Å²) in [6.45, 7) is 3.26. The molecule has 5 N–H and O–H groups in total. The molecule has 8 atom stereocenters. The molecule has 4 rings (SSSR count). The van der Waals surface area contributed by atoms with Crippen LogP contribution in [0.25, 0.3) is 10.1 Å². The summed E-state index contributed by atoms with van der Waals surface area (Å²) >= 11 is 8.26. The molecule has 0 amide bonds. The van der Waals surface area contributed by atoms with Crippen LogP contribution < -0.4 is 0 Å². The normalized spacial score (nSPS) is 30.1. The number of fused-ring (bicyclic) bond motifs is 1. The molecule has 43 heavy (non-hydrogen) atoms. The number of carbonyl (C=O) groups is 2. The van der Waals surface area contributed by atoms with Crippen molar-refractivity contribution in [1.82, 2.24) is 0 Å². The van der Waals surface area contributed by atoms with Crippen molar-refractivity contribution in [2.75, 3.05) is 6.61 Å². The fourth-order valence-corrected chi connectivity index (χ4v) is 7.31. The molecule has 2 aromatic rings. The molecule has 1 aliphatic heterocycles. The van der Waals surface area contributed by atoms with E-state index in [2.05, 4.69) is 0 Å². The van der Waals surface area contributed by atoms with Gasteiger partial charge in [-0.2, -0.15) is 0 Å². The Kier molecular flexibility index (Phi) is 11.6. The van der Waals surface area contributed by atoms with Gasteiger partial charge in [-0.15, -0.1) is 11.3 Å². The molecule has 236 valence electrons. The Balaban J connectivity index is 1.52. The number of hydrogen-bond acceptors (Lipinski definition) is 9. The monoisotopic (exact) mass is 636 g/mol. The zero-order valence-electron chi connectivity index (χ0n) is 24.3. The maximum Gasteiger partial charge on any atom is 0.303 e. The summed E-state index contributed by atoms with van der Waals surface area (Å²) < 4.78 is 12.7. The third kappa shape index (κ3) is 7.93. The number of hydrogen-bond donors (Lipinski definition) is 5. The number of carboxylic acid groups (broad SMARTS) is 1. The second-order valence-corrected chi connectivity index (χ2v) is 13.4. The fourth-order valence-electron chi connectivity index (χ4n) is 5.77. The van der Waals surface area contributed by atoms with Gasteiger partial charge in [-0.25, -0.2) is 0 Å². The zero-order valence-corrected chi connectivity index (χ0v) is 25.9. The lowest BCUT2D eigenvalue weighted by Gasteiger charge is -2.36. The second-order valence-electron chi connectivity index (χ2n) is 11.9. The van der Waals surface area contributed by atoms with Gasteiger partial charge in [0.1, 0.15) is 24.1 Å². The summed E-state index contributed by atoms with van der Waals surface area (Å²) in [6.07, 6.45) is 2.94. The Morgan fingerprint density at radius 1 is 1.19 bits per heavy atom. The summed E-state index contributed by atoms with van der Waals surface area (Å²) in [5.74, 6) is -1.89. The number of benzene rings is 1. The van der Waals surface area contributed by atoms with Gasteiger partial charge >= 0.3 is 5.97 Å². The van der Waals surface area contributed by atoms with E-state index in [9.17, 15) is 30.0 Å². The Hall–Kier alpha value is -2.15. The van der Waals surface area contributed by atoms with Gasteiger partial charge in [0.25, 0.3) is 0 Å². The molecule has 0 spiro atoms. The highest BCUT2D eigenvalue weighted by atomic mass is 35.5. The number of aliphatic hydroxyl groups is 4. The number of ketones is 1. The quantitative estimate of drug-likeness (QED) is 0.160. The highest BCUT2D eigenvalue weighted by molar-refractivity contribution is 7.19. The molecule has 2 fully saturated rings. The number of aryl methyl sites for hydroxylation is 1. The van der Waals surface area contributed by atoms with Gasteiger partial charge in [-0.3, -0.25) is 9.59 Å². The average molecular weight is 637 g/mol. The molecule has 2 unspecified atom stereocenters. The van der Waals surface area contributed by atoms with Crippen LogP contribution in [0.4, 0.5) is 0 Å². The Morgan fingerprint density at radius 2 is 1.93 bits per heavy atom. The zero-order chi connectivity index (χ0) is 31.3. The molecule has 1 saturated carbocycles. The summed E-state index contributed by atoms with van der Waals surface area (Å²) in [4.78, 5) is 25.0. The van der Waals surface area contributed by atoms with Crippen LogP contribution in [-0.2, 0) is 25.5 Å². The van der Waals surface area contributed by atoms with Crippen molar-refractivity contribution >= 4 is 44.8 Å². The van der Waals surface area contributed by atoms with Gasteiger partial charge < -0.3 is 35.0 Å². The van der Waals surface area contributed by atoms with E-state index >= 15 is 0 Å². The number of halogens is 1. The third-order valence-electron chi connectivity index (χ3n) is 8.43. The van der Waals surface area contributed by atoms with E-state index in [1.165, 1.54) is 0 Å². The molecule has 2 heterocycles. The van der Waals surface area contributed by atoms with Crippen LogP contribution in [0.5, 0.6) is 0 Å². The smallest absolute Gasteiger partial charge is 0.303 e. The minimum Gasteiger partial charge on any atom is -0.481 e. The first kappa shape index (κ1) is 33.7. The lowest BCUT2D eigenvalue weighted by molar-refractivity contribution is -0.278. The van der Waals surface area contributed by atoms with E-state index in [0.29, 0.717) is 37.1 Å². The molecule has 9 nitrogen and oxygen atoms in total. The fraction of sp³-hybridized carbons (Fsp3) is 0.562. The van der Waals surface area contributed by atoms with Crippen molar-refractivity contribution in [3.8, 4) is 0 Å². The Morgan fingerprint density at radius 3 is 2.65 bits per heavy atom. The lowest BCUT2D eigenvalue weighted by atomic mass is 9.86. The number of aliphatic hydroxyl groups excluding tert-OH is 4. The number of carboxylic acids is 1. The van der Waals surface area contributed by atoms with Crippen molar-refractivity contribution < 1.29 is 44.6 Å². The van der Waals surface area contributed by atoms with Gasteiger partial charge in [-0.05, 0) is 38.2 Å². The van der Waals surface area contributed by atoms with Gasteiger partial charge in [0.15, 0.2) is 6.29 Å². The Labute approximate surface area is 260 Å². The van der Waals surface area contributed by atoms with Gasteiger partial charge in [-0.1, -0.05) is 68.0 Å². The first-order chi connectivity index (χ1) is 20.4. The standard InChI is InChI=1S/C32H41ClO9S/c1-32(2)29(39)19(9-5-3-4-6-12-25(35)36)20(30(32)40)15-13-18(42-31-28(38)27(37)22(34)17-41-31)14-16-24-26(33)21-10-7-8-11-23(21)43-24/h3,5,7-8,10-11,13,15,18-20,22,27-28,30-31,34,37-38,40H,4,6,9,12,14,16-17H2,1-2H3,(H,35,36)/b5-3-,15-13+/t18?,19-,20-,22-,27+,28-,30+,31?/m1/s1. The van der Waals surface area contributed by atoms with E-state index in [4.69, 9.17) is 26.2 Å². The minimum absolute atomic E-state index is 0.0532. The molecule has 2 aliphatic rings. The maximum absolute atomic E-state index is 13.3. The molecular weight excluding hydrogens is 596 g/mol. The lowest BCUT2D eigenvalue weighted by Crippen LogP contribution is -2.54. The van der Waals surface area contributed by atoms with E-state index in [-0.39, 0.29) is 18.8 Å². The molecule has 1 aromatic carbocycles. The van der Waals surface area contributed by atoms with Gasteiger partial charge in [0, 0.05) is 33.2 Å². The summed E-state index contributed by atoms with van der Waals surface area (Å²) in [5.41, 5.74) is -0.958. The topological polar surface area (TPSA) is 154 Å². The van der Waals surface area contributed by atoms with Crippen molar-refractivity contribution in [3.05, 3.63) is 58.5 Å². The van der Waals surface area contributed by atoms with Crippen molar-refractivity contribution in [2.45, 2.75) is 89.2 Å². The number of allylic oxidation sites excluding steroid dienone is 2. The van der Waals surface area contributed by atoms with Crippen LogP contribution in [-0.4, -0.2) is 80.7 Å².